The van der Waals surface area contributed by atoms with Gasteiger partial charge < -0.3 is 9.84 Å². The molecule has 0 aromatic heterocycles. The van der Waals surface area contributed by atoms with Crippen LogP contribution in [0.2, 0.25) is 0 Å². The summed E-state index contributed by atoms with van der Waals surface area (Å²) in [4.78, 5) is 21.6. The predicted molar refractivity (Wildman–Crippen MR) is 63.7 cm³/mol. The van der Waals surface area contributed by atoms with Crippen molar-refractivity contribution >= 4 is 18.0 Å². The number of esters is 1. The van der Waals surface area contributed by atoms with E-state index in [1.165, 1.54) is 6.08 Å². The first-order valence-electron chi connectivity index (χ1n) is 5.33. The van der Waals surface area contributed by atoms with E-state index in [0.29, 0.717) is 17.7 Å². The van der Waals surface area contributed by atoms with Gasteiger partial charge in [0, 0.05) is 12.5 Å². The van der Waals surface area contributed by atoms with Crippen LogP contribution in [0.15, 0.2) is 30.3 Å². The normalized spacial score (nSPS) is 10.4. The molecule has 0 aliphatic heterocycles. The van der Waals surface area contributed by atoms with E-state index >= 15 is 0 Å². The third-order valence-corrected chi connectivity index (χ3v) is 1.96. The maximum atomic E-state index is 11.3. The molecule has 0 unspecified atom stereocenters. The third kappa shape index (κ3) is 4.97. The molecule has 90 valence electrons. The lowest BCUT2D eigenvalue weighted by Gasteiger charge is -2.03. The van der Waals surface area contributed by atoms with E-state index in [1.54, 1.807) is 24.3 Å². The largest absolute Gasteiger partial charge is 0.478 e. The minimum absolute atomic E-state index is 0.285. The second kappa shape index (κ2) is 6.48. The first-order chi connectivity index (χ1) is 8.11. The molecule has 0 heterocycles. The molecule has 1 rings (SSSR count). The van der Waals surface area contributed by atoms with Gasteiger partial charge in [-0.2, -0.15) is 0 Å². The monoisotopic (exact) mass is 234 g/mol. The van der Waals surface area contributed by atoms with Crippen LogP contribution in [0.25, 0.3) is 6.08 Å². The highest BCUT2D eigenvalue weighted by Crippen LogP contribution is 2.15. The van der Waals surface area contributed by atoms with E-state index in [4.69, 9.17) is 9.84 Å². The SMILES string of the molecule is CCCC(=O)Oc1cccc(/C=C/C(=O)O)c1. The lowest BCUT2D eigenvalue weighted by molar-refractivity contribution is -0.134. The smallest absolute Gasteiger partial charge is 0.328 e. The molecule has 0 aliphatic rings. The van der Waals surface area contributed by atoms with Gasteiger partial charge >= 0.3 is 11.9 Å². The Morgan fingerprint density at radius 1 is 1.41 bits per heavy atom. The highest BCUT2D eigenvalue weighted by molar-refractivity contribution is 5.85. The van der Waals surface area contributed by atoms with Crippen LogP contribution in [-0.2, 0) is 9.59 Å². The molecule has 0 atom stereocenters. The van der Waals surface area contributed by atoms with Crippen molar-refractivity contribution in [2.24, 2.45) is 0 Å². The van der Waals surface area contributed by atoms with Crippen LogP contribution in [0.1, 0.15) is 25.3 Å². The molecule has 17 heavy (non-hydrogen) atoms. The van der Waals surface area contributed by atoms with Gasteiger partial charge in [0.05, 0.1) is 0 Å². The highest BCUT2D eigenvalue weighted by atomic mass is 16.5. The van der Waals surface area contributed by atoms with Crippen LogP contribution in [0.3, 0.4) is 0 Å². The summed E-state index contributed by atoms with van der Waals surface area (Å²) in [6, 6.07) is 6.71. The zero-order valence-corrected chi connectivity index (χ0v) is 9.55. The van der Waals surface area contributed by atoms with Crippen molar-refractivity contribution in [2.45, 2.75) is 19.8 Å². The van der Waals surface area contributed by atoms with Gasteiger partial charge in [-0.15, -0.1) is 0 Å². The van der Waals surface area contributed by atoms with Gasteiger partial charge in [0.15, 0.2) is 0 Å². The van der Waals surface area contributed by atoms with Crippen LogP contribution < -0.4 is 4.74 Å². The fourth-order valence-corrected chi connectivity index (χ4v) is 1.24. The number of aliphatic carboxylic acids is 1. The van der Waals surface area contributed by atoms with E-state index in [9.17, 15) is 9.59 Å². The predicted octanol–water partition coefficient (Wildman–Crippen LogP) is 2.49. The molecule has 0 fully saturated rings. The Kier molecular flexibility index (Phi) is 4.94. The van der Waals surface area contributed by atoms with Gasteiger partial charge in [0.25, 0.3) is 0 Å². The summed E-state index contributed by atoms with van der Waals surface area (Å²) < 4.78 is 5.08. The summed E-state index contributed by atoms with van der Waals surface area (Å²) in [5, 5.41) is 8.49. The summed E-state index contributed by atoms with van der Waals surface area (Å²) in [6.45, 7) is 1.90. The molecule has 0 bridgehead atoms. The fraction of sp³-hybridized carbons (Fsp3) is 0.231. The molecule has 0 spiro atoms. The third-order valence-electron chi connectivity index (χ3n) is 1.96. The van der Waals surface area contributed by atoms with Crippen LogP contribution >= 0.6 is 0 Å². The second-order valence-electron chi connectivity index (χ2n) is 3.47. The first-order valence-corrected chi connectivity index (χ1v) is 5.33. The van der Waals surface area contributed by atoms with Crippen LogP contribution in [0, 0.1) is 0 Å². The summed E-state index contributed by atoms with van der Waals surface area (Å²) in [7, 11) is 0. The molecule has 0 radical (unpaired) electrons. The molecule has 1 aromatic rings. The molecule has 4 nitrogen and oxygen atoms in total. The topological polar surface area (TPSA) is 63.6 Å². The second-order valence-corrected chi connectivity index (χ2v) is 3.47. The van der Waals surface area contributed by atoms with Gasteiger partial charge in [-0.05, 0) is 30.2 Å². The maximum absolute atomic E-state index is 11.3. The number of carbonyl (C=O) groups excluding carboxylic acids is 1. The average Bonchev–Trinajstić information content (AvgIpc) is 2.27. The van der Waals surface area contributed by atoms with Crippen molar-refractivity contribution in [1.29, 1.82) is 0 Å². The number of hydrogen-bond donors (Lipinski definition) is 1. The Morgan fingerprint density at radius 2 is 2.18 bits per heavy atom. The standard InChI is InChI=1S/C13H14O4/c1-2-4-13(16)17-11-6-3-5-10(9-11)7-8-12(14)15/h3,5-9H,2,4H2,1H3,(H,14,15)/b8-7+. The van der Waals surface area contributed by atoms with Gasteiger partial charge in [-0.25, -0.2) is 4.79 Å². The number of rotatable bonds is 5. The Labute approximate surface area is 99.5 Å². The van der Waals surface area contributed by atoms with E-state index in [-0.39, 0.29) is 5.97 Å². The Bertz CT molecular complexity index is 435. The molecular weight excluding hydrogens is 220 g/mol. The molecule has 1 aromatic carbocycles. The summed E-state index contributed by atoms with van der Waals surface area (Å²) in [5.74, 6) is -0.874. The minimum atomic E-state index is -1.02. The molecule has 1 N–H and O–H groups in total. The van der Waals surface area contributed by atoms with Crippen LogP contribution in [0.4, 0.5) is 0 Å². The minimum Gasteiger partial charge on any atom is -0.478 e. The Morgan fingerprint density at radius 3 is 2.82 bits per heavy atom. The van der Waals surface area contributed by atoms with Gasteiger partial charge in [0.1, 0.15) is 5.75 Å². The number of carbonyl (C=O) groups is 2. The van der Waals surface area contributed by atoms with E-state index in [0.717, 1.165) is 12.5 Å². The Balaban J connectivity index is 2.72. The van der Waals surface area contributed by atoms with Crippen molar-refractivity contribution in [3.63, 3.8) is 0 Å². The zero-order valence-electron chi connectivity index (χ0n) is 9.55. The highest BCUT2D eigenvalue weighted by Gasteiger charge is 2.03. The quantitative estimate of drug-likeness (QED) is 0.483. The first kappa shape index (κ1) is 13.0. The average molecular weight is 234 g/mol. The Hall–Kier alpha value is -2.10. The number of hydrogen-bond acceptors (Lipinski definition) is 3. The molecule has 0 amide bonds. The maximum Gasteiger partial charge on any atom is 0.328 e. The summed E-state index contributed by atoms with van der Waals surface area (Å²) >= 11 is 0. The lowest BCUT2D eigenvalue weighted by Crippen LogP contribution is -2.06. The van der Waals surface area contributed by atoms with E-state index in [1.807, 2.05) is 6.92 Å². The number of benzene rings is 1. The lowest BCUT2D eigenvalue weighted by atomic mass is 10.2. The van der Waals surface area contributed by atoms with Crippen molar-refractivity contribution in [1.82, 2.24) is 0 Å². The van der Waals surface area contributed by atoms with Crippen LogP contribution in [0.5, 0.6) is 5.75 Å². The molecule has 0 saturated heterocycles. The van der Waals surface area contributed by atoms with Crippen LogP contribution in [-0.4, -0.2) is 17.0 Å². The molecular formula is C13H14O4. The molecule has 0 saturated carbocycles. The number of ether oxygens (including phenoxy) is 1. The molecule has 4 heteroatoms. The van der Waals surface area contributed by atoms with E-state index < -0.39 is 5.97 Å². The van der Waals surface area contributed by atoms with Gasteiger partial charge in [-0.1, -0.05) is 19.1 Å². The number of carboxylic acids is 1. The van der Waals surface area contributed by atoms with Gasteiger partial charge in [0.2, 0.25) is 0 Å². The van der Waals surface area contributed by atoms with E-state index in [2.05, 4.69) is 0 Å². The summed E-state index contributed by atoms with van der Waals surface area (Å²) in [6.07, 6.45) is 3.58. The summed E-state index contributed by atoms with van der Waals surface area (Å²) in [5.41, 5.74) is 0.675. The number of carboxylic acid groups (broad SMARTS) is 1. The van der Waals surface area contributed by atoms with Crippen molar-refractivity contribution < 1.29 is 19.4 Å². The fourth-order valence-electron chi connectivity index (χ4n) is 1.24. The zero-order chi connectivity index (χ0) is 12.7. The van der Waals surface area contributed by atoms with Gasteiger partial charge in [-0.3, -0.25) is 4.79 Å². The van der Waals surface area contributed by atoms with Crippen molar-refractivity contribution in [3.8, 4) is 5.75 Å². The van der Waals surface area contributed by atoms with Crippen molar-refractivity contribution in [3.05, 3.63) is 35.9 Å². The van der Waals surface area contributed by atoms with Crippen molar-refractivity contribution in [2.75, 3.05) is 0 Å². The molecule has 0 aliphatic carbocycles.